The van der Waals surface area contributed by atoms with Crippen LogP contribution in [0.25, 0.3) is 0 Å². The summed E-state index contributed by atoms with van der Waals surface area (Å²) < 4.78 is 8.93. The summed E-state index contributed by atoms with van der Waals surface area (Å²) in [4.78, 5) is 21.5. The quantitative estimate of drug-likeness (QED) is 0.466. The van der Waals surface area contributed by atoms with E-state index in [0.29, 0.717) is 0 Å². The molecule has 0 aromatic rings. The average Bonchev–Trinajstić information content (AvgIpc) is 2.21. The van der Waals surface area contributed by atoms with Gasteiger partial charge in [-0.1, -0.05) is 0 Å². The van der Waals surface area contributed by atoms with E-state index in [1.54, 1.807) is 0 Å². The molecule has 0 heterocycles. The predicted octanol–water partition coefficient (Wildman–Crippen LogP) is -1.80. The zero-order chi connectivity index (χ0) is 12.7. The molecule has 16 heavy (non-hydrogen) atoms. The third kappa shape index (κ3) is 6.33. The SMILES string of the molecule is CC(O)C(=O)OCC(O)COC(=O)C(C)O. The number of ether oxygens (including phenoxy) is 2. The number of carbonyl (C=O) groups is 2. The molecular weight excluding hydrogens is 220 g/mol. The molecule has 0 aromatic carbocycles. The summed E-state index contributed by atoms with van der Waals surface area (Å²) in [6.07, 6.45) is -3.73. The highest BCUT2D eigenvalue weighted by Crippen LogP contribution is 1.94. The number of rotatable bonds is 6. The first-order chi connectivity index (χ1) is 7.34. The van der Waals surface area contributed by atoms with Crippen LogP contribution in [0.4, 0.5) is 0 Å². The second-order valence-electron chi connectivity index (χ2n) is 3.27. The van der Waals surface area contributed by atoms with Crippen LogP contribution < -0.4 is 0 Å². The van der Waals surface area contributed by atoms with Gasteiger partial charge < -0.3 is 24.8 Å². The van der Waals surface area contributed by atoms with Gasteiger partial charge in [-0.2, -0.15) is 0 Å². The summed E-state index contributed by atoms with van der Waals surface area (Å²) >= 11 is 0. The van der Waals surface area contributed by atoms with Gasteiger partial charge in [-0.3, -0.25) is 0 Å². The third-order valence-corrected chi connectivity index (χ3v) is 1.52. The molecule has 94 valence electrons. The maximum atomic E-state index is 10.8. The van der Waals surface area contributed by atoms with Gasteiger partial charge in [0.15, 0.2) is 0 Å². The Morgan fingerprint density at radius 2 is 1.25 bits per heavy atom. The van der Waals surface area contributed by atoms with Gasteiger partial charge in [0.05, 0.1) is 0 Å². The normalized spacial score (nSPS) is 16.1. The van der Waals surface area contributed by atoms with Crippen LogP contribution in [0.3, 0.4) is 0 Å². The Labute approximate surface area is 92.6 Å². The van der Waals surface area contributed by atoms with Crippen molar-refractivity contribution in [3.05, 3.63) is 0 Å². The molecule has 0 aliphatic rings. The van der Waals surface area contributed by atoms with Crippen LogP contribution in [0, 0.1) is 0 Å². The van der Waals surface area contributed by atoms with Gasteiger partial charge in [0.1, 0.15) is 31.5 Å². The minimum Gasteiger partial charge on any atom is -0.461 e. The fourth-order valence-corrected chi connectivity index (χ4v) is 0.646. The largest absolute Gasteiger partial charge is 0.461 e. The van der Waals surface area contributed by atoms with E-state index in [2.05, 4.69) is 9.47 Å². The van der Waals surface area contributed by atoms with E-state index in [1.807, 2.05) is 0 Å². The lowest BCUT2D eigenvalue weighted by Gasteiger charge is -2.13. The van der Waals surface area contributed by atoms with Crippen LogP contribution in [0.5, 0.6) is 0 Å². The third-order valence-electron chi connectivity index (χ3n) is 1.52. The van der Waals surface area contributed by atoms with Crippen molar-refractivity contribution in [1.29, 1.82) is 0 Å². The first-order valence-electron chi connectivity index (χ1n) is 4.72. The molecule has 0 aliphatic carbocycles. The smallest absolute Gasteiger partial charge is 0.334 e. The maximum Gasteiger partial charge on any atom is 0.334 e. The fourth-order valence-electron chi connectivity index (χ4n) is 0.646. The van der Waals surface area contributed by atoms with Crippen molar-refractivity contribution in [2.45, 2.75) is 32.2 Å². The van der Waals surface area contributed by atoms with Crippen molar-refractivity contribution < 1.29 is 34.4 Å². The Morgan fingerprint density at radius 3 is 1.50 bits per heavy atom. The minimum absolute atomic E-state index is 0.392. The van der Waals surface area contributed by atoms with Gasteiger partial charge in [0, 0.05) is 0 Å². The van der Waals surface area contributed by atoms with Gasteiger partial charge in [-0.25, -0.2) is 9.59 Å². The van der Waals surface area contributed by atoms with Crippen molar-refractivity contribution in [3.8, 4) is 0 Å². The molecule has 0 rings (SSSR count). The molecule has 7 nitrogen and oxygen atoms in total. The van der Waals surface area contributed by atoms with Crippen LogP contribution >= 0.6 is 0 Å². The van der Waals surface area contributed by atoms with E-state index in [4.69, 9.17) is 10.2 Å². The topological polar surface area (TPSA) is 113 Å². The van der Waals surface area contributed by atoms with E-state index in [9.17, 15) is 14.7 Å². The highest BCUT2D eigenvalue weighted by Gasteiger charge is 2.16. The number of carbonyl (C=O) groups excluding carboxylic acids is 2. The second kappa shape index (κ2) is 7.15. The Morgan fingerprint density at radius 1 is 0.938 bits per heavy atom. The van der Waals surface area contributed by atoms with Gasteiger partial charge in [-0.05, 0) is 13.8 Å². The van der Waals surface area contributed by atoms with Gasteiger partial charge in [0.2, 0.25) is 0 Å². The molecule has 2 atom stereocenters. The average molecular weight is 236 g/mol. The first kappa shape index (κ1) is 14.8. The number of aliphatic hydroxyl groups is 3. The molecule has 7 heteroatoms. The molecule has 0 amide bonds. The molecule has 2 unspecified atom stereocenters. The predicted molar refractivity (Wildman–Crippen MR) is 51.3 cm³/mol. The van der Waals surface area contributed by atoms with Crippen LogP contribution in [-0.4, -0.2) is 58.8 Å². The zero-order valence-corrected chi connectivity index (χ0v) is 9.12. The molecule has 0 saturated carbocycles. The Hall–Kier alpha value is -1.18. The standard InChI is InChI=1S/C9H16O7/c1-5(10)8(13)15-3-7(12)4-16-9(14)6(2)11/h5-7,10-12H,3-4H2,1-2H3. The van der Waals surface area contributed by atoms with E-state index >= 15 is 0 Å². The van der Waals surface area contributed by atoms with Crippen molar-refractivity contribution in [1.82, 2.24) is 0 Å². The van der Waals surface area contributed by atoms with E-state index in [1.165, 1.54) is 13.8 Å². The summed E-state index contributed by atoms with van der Waals surface area (Å²) in [6, 6.07) is 0. The molecule has 0 fully saturated rings. The maximum absolute atomic E-state index is 10.8. The lowest BCUT2D eigenvalue weighted by molar-refractivity contribution is -0.161. The fraction of sp³-hybridized carbons (Fsp3) is 0.778. The van der Waals surface area contributed by atoms with Crippen molar-refractivity contribution in [2.24, 2.45) is 0 Å². The van der Waals surface area contributed by atoms with Crippen molar-refractivity contribution in [3.63, 3.8) is 0 Å². The molecule has 0 aliphatic heterocycles. The molecule has 0 bridgehead atoms. The molecule has 0 spiro atoms. The zero-order valence-electron chi connectivity index (χ0n) is 9.12. The number of hydrogen-bond acceptors (Lipinski definition) is 7. The number of aliphatic hydroxyl groups excluding tert-OH is 3. The Bertz CT molecular complexity index is 212. The monoisotopic (exact) mass is 236 g/mol. The molecule has 0 aromatic heterocycles. The number of hydrogen-bond donors (Lipinski definition) is 3. The lowest BCUT2D eigenvalue weighted by atomic mass is 10.4. The van der Waals surface area contributed by atoms with Crippen LogP contribution in [-0.2, 0) is 19.1 Å². The molecular formula is C9H16O7. The minimum atomic E-state index is -1.27. The van der Waals surface area contributed by atoms with Gasteiger partial charge in [-0.15, -0.1) is 0 Å². The molecule has 0 radical (unpaired) electrons. The van der Waals surface area contributed by atoms with Crippen LogP contribution in [0.2, 0.25) is 0 Å². The first-order valence-corrected chi connectivity index (χ1v) is 4.72. The van der Waals surface area contributed by atoms with Crippen LogP contribution in [0.1, 0.15) is 13.8 Å². The van der Waals surface area contributed by atoms with E-state index in [0.717, 1.165) is 0 Å². The Kier molecular flexibility index (Phi) is 6.63. The molecule has 3 N–H and O–H groups in total. The van der Waals surface area contributed by atoms with Gasteiger partial charge in [0.25, 0.3) is 0 Å². The summed E-state index contributed by atoms with van der Waals surface area (Å²) in [5, 5.41) is 26.7. The highest BCUT2D eigenvalue weighted by molar-refractivity contribution is 5.74. The van der Waals surface area contributed by atoms with E-state index < -0.39 is 43.5 Å². The number of esters is 2. The summed E-state index contributed by atoms with van der Waals surface area (Å²) in [5.41, 5.74) is 0. The lowest BCUT2D eigenvalue weighted by Crippen LogP contribution is -2.30. The van der Waals surface area contributed by atoms with Crippen LogP contribution in [0.15, 0.2) is 0 Å². The van der Waals surface area contributed by atoms with Crippen molar-refractivity contribution in [2.75, 3.05) is 13.2 Å². The summed E-state index contributed by atoms with van der Waals surface area (Å²) in [7, 11) is 0. The summed E-state index contributed by atoms with van der Waals surface area (Å²) in [6.45, 7) is 1.66. The Balaban J connectivity index is 3.71. The van der Waals surface area contributed by atoms with Crippen molar-refractivity contribution >= 4 is 11.9 Å². The van der Waals surface area contributed by atoms with E-state index in [-0.39, 0.29) is 0 Å². The molecule has 0 saturated heterocycles. The summed E-state index contributed by atoms with van der Waals surface area (Å²) in [5.74, 6) is -1.75. The second-order valence-corrected chi connectivity index (χ2v) is 3.27. The highest BCUT2D eigenvalue weighted by atomic mass is 16.6. The van der Waals surface area contributed by atoms with Gasteiger partial charge >= 0.3 is 11.9 Å².